The smallest absolute Gasteiger partial charge is 0.208 e. The van der Waals surface area contributed by atoms with E-state index in [2.05, 4.69) is 10.3 Å². The molecular weight excluding hydrogens is 256 g/mol. The van der Waals surface area contributed by atoms with Crippen molar-refractivity contribution in [2.75, 3.05) is 6.61 Å². The largest absolute Gasteiger partial charge is 0.504 e. The molecule has 0 fully saturated rings. The monoisotopic (exact) mass is 276 g/mol. The lowest BCUT2D eigenvalue weighted by atomic mass is 10.2. The summed E-state index contributed by atoms with van der Waals surface area (Å²) in [7, 11) is 0. The lowest BCUT2D eigenvalue weighted by Gasteiger charge is -2.10. The van der Waals surface area contributed by atoms with Crippen LogP contribution >= 0.6 is 0 Å². The normalized spacial score (nSPS) is 10.7. The molecule has 2 N–H and O–H groups in total. The Balaban J connectivity index is 1.92. The van der Waals surface area contributed by atoms with Gasteiger partial charge in [0, 0.05) is 18.5 Å². The lowest BCUT2D eigenvalue weighted by molar-refractivity contribution is 0.316. The maximum Gasteiger partial charge on any atom is 0.208 e. The van der Waals surface area contributed by atoms with E-state index in [9.17, 15) is 5.11 Å². The molecule has 5 nitrogen and oxygen atoms in total. The van der Waals surface area contributed by atoms with E-state index in [4.69, 9.17) is 9.15 Å². The summed E-state index contributed by atoms with van der Waals surface area (Å²) < 4.78 is 10.9. The first kappa shape index (κ1) is 14.4. The van der Waals surface area contributed by atoms with Gasteiger partial charge in [-0.25, -0.2) is 4.98 Å². The van der Waals surface area contributed by atoms with Crippen LogP contribution in [0, 0.1) is 0 Å². The molecule has 2 aromatic rings. The Bertz CT molecular complexity index is 552. The van der Waals surface area contributed by atoms with Gasteiger partial charge >= 0.3 is 0 Å². The second kappa shape index (κ2) is 6.96. The molecule has 1 aromatic heterocycles. The fourth-order valence-corrected chi connectivity index (χ4v) is 1.88. The molecule has 0 spiro atoms. The predicted octanol–water partition coefficient (Wildman–Crippen LogP) is 2.63. The highest BCUT2D eigenvalue weighted by atomic mass is 16.5. The number of benzene rings is 1. The number of ether oxygens (including phenoxy) is 1. The van der Waals surface area contributed by atoms with Crippen molar-refractivity contribution in [2.45, 2.75) is 33.4 Å². The molecular formula is C15H20N2O3. The average molecular weight is 276 g/mol. The third-order valence-electron chi connectivity index (χ3n) is 2.92. The average Bonchev–Trinajstić information content (AvgIpc) is 2.91. The van der Waals surface area contributed by atoms with E-state index in [1.54, 1.807) is 12.3 Å². The van der Waals surface area contributed by atoms with Crippen LogP contribution in [0.2, 0.25) is 0 Å². The van der Waals surface area contributed by atoms with Crippen LogP contribution in [0.25, 0.3) is 0 Å². The van der Waals surface area contributed by atoms with Crippen LogP contribution in [0.1, 0.15) is 31.1 Å². The van der Waals surface area contributed by atoms with E-state index in [1.165, 1.54) is 0 Å². The van der Waals surface area contributed by atoms with Gasteiger partial charge in [0.15, 0.2) is 11.5 Å². The first-order chi connectivity index (χ1) is 9.74. The zero-order valence-electron chi connectivity index (χ0n) is 11.8. The van der Waals surface area contributed by atoms with E-state index in [0.717, 1.165) is 17.7 Å². The fraction of sp³-hybridized carbons (Fsp3) is 0.400. The molecule has 20 heavy (non-hydrogen) atoms. The first-order valence-corrected chi connectivity index (χ1v) is 6.82. The number of aromatic hydroxyl groups is 1. The highest BCUT2D eigenvalue weighted by Crippen LogP contribution is 2.29. The summed E-state index contributed by atoms with van der Waals surface area (Å²) in [5.41, 5.74) is 0.790. The molecule has 0 aliphatic rings. The zero-order valence-corrected chi connectivity index (χ0v) is 11.8. The summed E-state index contributed by atoms with van der Waals surface area (Å²) >= 11 is 0. The van der Waals surface area contributed by atoms with Crippen LogP contribution in [0.4, 0.5) is 0 Å². The van der Waals surface area contributed by atoms with Crippen LogP contribution in [0.15, 0.2) is 28.8 Å². The topological polar surface area (TPSA) is 67.5 Å². The van der Waals surface area contributed by atoms with Gasteiger partial charge in [-0.1, -0.05) is 19.1 Å². The minimum atomic E-state index is 0.184. The standard InChI is InChI=1S/C15H20N2O3/c1-3-12-9-17-14(20-12)10-16-8-11-6-5-7-13(15(11)18)19-4-2/h5-7,9,16,18H,3-4,8,10H2,1-2H3. The van der Waals surface area contributed by atoms with E-state index in [0.29, 0.717) is 31.3 Å². The molecule has 0 radical (unpaired) electrons. The minimum absolute atomic E-state index is 0.184. The van der Waals surface area contributed by atoms with Crippen molar-refractivity contribution in [1.29, 1.82) is 0 Å². The second-order valence-corrected chi connectivity index (χ2v) is 4.37. The number of hydrogen-bond donors (Lipinski definition) is 2. The third kappa shape index (κ3) is 3.51. The number of nitrogens with zero attached hydrogens (tertiary/aromatic N) is 1. The first-order valence-electron chi connectivity index (χ1n) is 6.82. The third-order valence-corrected chi connectivity index (χ3v) is 2.92. The van der Waals surface area contributed by atoms with Gasteiger partial charge in [0.25, 0.3) is 0 Å². The van der Waals surface area contributed by atoms with Crippen LogP contribution in [-0.4, -0.2) is 16.7 Å². The quantitative estimate of drug-likeness (QED) is 0.813. The number of aromatic nitrogens is 1. The molecule has 0 amide bonds. The predicted molar refractivity (Wildman–Crippen MR) is 75.7 cm³/mol. The molecule has 1 aromatic carbocycles. The van der Waals surface area contributed by atoms with Gasteiger partial charge in [0.2, 0.25) is 5.89 Å². The minimum Gasteiger partial charge on any atom is -0.504 e. The van der Waals surface area contributed by atoms with Crippen LogP contribution in [-0.2, 0) is 19.5 Å². The number of aryl methyl sites for hydroxylation is 1. The van der Waals surface area contributed by atoms with Crippen molar-refractivity contribution in [3.8, 4) is 11.5 Å². The Morgan fingerprint density at radius 1 is 1.30 bits per heavy atom. The molecule has 0 atom stereocenters. The fourth-order valence-electron chi connectivity index (χ4n) is 1.88. The van der Waals surface area contributed by atoms with Gasteiger partial charge in [-0.15, -0.1) is 0 Å². The molecule has 0 unspecified atom stereocenters. The Kier molecular flexibility index (Phi) is 5.01. The van der Waals surface area contributed by atoms with E-state index in [-0.39, 0.29) is 5.75 Å². The number of nitrogens with one attached hydrogen (secondary N) is 1. The summed E-state index contributed by atoms with van der Waals surface area (Å²) in [5, 5.41) is 13.2. The molecule has 1 heterocycles. The van der Waals surface area contributed by atoms with E-state index >= 15 is 0 Å². The molecule has 0 saturated carbocycles. The molecule has 0 aliphatic carbocycles. The van der Waals surface area contributed by atoms with Crippen LogP contribution < -0.4 is 10.1 Å². The van der Waals surface area contributed by atoms with Crippen molar-refractivity contribution in [1.82, 2.24) is 10.3 Å². The summed E-state index contributed by atoms with van der Waals surface area (Å²) in [6.45, 7) is 5.49. The second-order valence-electron chi connectivity index (χ2n) is 4.37. The molecule has 0 saturated heterocycles. The van der Waals surface area contributed by atoms with Gasteiger partial charge < -0.3 is 19.6 Å². The van der Waals surface area contributed by atoms with Crippen molar-refractivity contribution in [3.05, 3.63) is 41.6 Å². The molecule has 108 valence electrons. The van der Waals surface area contributed by atoms with Crippen molar-refractivity contribution in [2.24, 2.45) is 0 Å². The number of phenolic OH excluding ortho intramolecular Hbond substituents is 1. The Hall–Kier alpha value is -2.01. The van der Waals surface area contributed by atoms with Crippen molar-refractivity contribution < 1.29 is 14.3 Å². The number of hydrogen-bond acceptors (Lipinski definition) is 5. The SMILES string of the molecule is CCOc1cccc(CNCc2ncc(CC)o2)c1O. The molecule has 0 aliphatic heterocycles. The van der Waals surface area contributed by atoms with E-state index < -0.39 is 0 Å². The highest BCUT2D eigenvalue weighted by molar-refractivity contribution is 5.45. The summed E-state index contributed by atoms with van der Waals surface area (Å²) in [5.74, 6) is 2.23. The number of para-hydroxylation sites is 1. The molecule has 2 rings (SSSR count). The van der Waals surface area contributed by atoms with Crippen LogP contribution in [0.3, 0.4) is 0 Å². The highest BCUT2D eigenvalue weighted by Gasteiger charge is 2.08. The van der Waals surface area contributed by atoms with Crippen molar-refractivity contribution in [3.63, 3.8) is 0 Å². The summed E-state index contributed by atoms with van der Waals surface area (Å²) in [6.07, 6.45) is 2.58. The Labute approximate surface area is 118 Å². The zero-order chi connectivity index (χ0) is 14.4. The van der Waals surface area contributed by atoms with Crippen LogP contribution in [0.5, 0.6) is 11.5 Å². The van der Waals surface area contributed by atoms with Crippen molar-refractivity contribution >= 4 is 0 Å². The lowest BCUT2D eigenvalue weighted by Crippen LogP contribution is -2.13. The Morgan fingerprint density at radius 2 is 2.15 bits per heavy atom. The Morgan fingerprint density at radius 3 is 2.85 bits per heavy atom. The molecule has 5 heteroatoms. The number of rotatable bonds is 7. The maximum atomic E-state index is 10.1. The van der Waals surface area contributed by atoms with E-state index in [1.807, 2.05) is 26.0 Å². The summed E-state index contributed by atoms with van der Waals surface area (Å²) in [6, 6.07) is 5.48. The van der Waals surface area contributed by atoms with Gasteiger partial charge in [-0.05, 0) is 13.0 Å². The number of oxazole rings is 1. The van der Waals surface area contributed by atoms with Gasteiger partial charge in [-0.3, -0.25) is 0 Å². The van der Waals surface area contributed by atoms with Gasteiger partial charge in [0.1, 0.15) is 5.76 Å². The van der Waals surface area contributed by atoms with Gasteiger partial charge in [-0.2, -0.15) is 0 Å². The molecule has 0 bridgehead atoms. The maximum absolute atomic E-state index is 10.1. The number of phenols is 1. The summed E-state index contributed by atoms with van der Waals surface area (Å²) in [4.78, 5) is 4.17. The van der Waals surface area contributed by atoms with Gasteiger partial charge in [0.05, 0.1) is 19.3 Å².